The van der Waals surface area contributed by atoms with E-state index in [9.17, 15) is 0 Å². The molecule has 1 N–H and O–H groups in total. The molecule has 0 aliphatic carbocycles. The van der Waals surface area contributed by atoms with Gasteiger partial charge in [0.2, 0.25) is 0 Å². The zero-order chi connectivity index (χ0) is 13.9. The topological polar surface area (TPSA) is 12.0 Å². The fourth-order valence-corrected chi connectivity index (χ4v) is 3.96. The first-order valence-electron chi connectivity index (χ1n) is 7.75. The van der Waals surface area contributed by atoms with Crippen molar-refractivity contribution in [1.82, 2.24) is 5.32 Å². The van der Waals surface area contributed by atoms with Gasteiger partial charge in [-0.1, -0.05) is 58.8 Å². The number of hydrogen-bond acceptors (Lipinski definition) is 2. The lowest BCUT2D eigenvalue weighted by molar-refractivity contribution is 0.481. The van der Waals surface area contributed by atoms with Crippen LogP contribution < -0.4 is 5.32 Å². The van der Waals surface area contributed by atoms with E-state index in [2.05, 4.69) is 46.5 Å². The minimum Gasteiger partial charge on any atom is -0.310 e. The molecule has 1 aromatic heterocycles. The summed E-state index contributed by atoms with van der Waals surface area (Å²) in [4.78, 5) is 1.47. The Morgan fingerprint density at radius 2 is 1.79 bits per heavy atom. The van der Waals surface area contributed by atoms with Gasteiger partial charge in [-0.2, -0.15) is 0 Å². The highest BCUT2D eigenvalue weighted by molar-refractivity contribution is 9.10. The maximum Gasteiger partial charge on any atom is 0.0415 e. The van der Waals surface area contributed by atoms with Crippen LogP contribution in [0.3, 0.4) is 0 Å². The Morgan fingerprint density at radius 1 is 1.11 bits per heavy atom. The third-order valence-corrected chi connectivity index (χ3v) is 5.29. The van der Waals surface area contributed by atoms with Gasteiger partial charge < -0.3 is 5.32 Å². The molecule has 1 nitrogen and oxygen atoms in total. The van der Waals surface area contributed by atoms with Gasteiger partial charge in [0, 0.05) is 20.8 Å². The predicted molar refractivity (Wildman–Crippen MR) is 91.0 cm³/mol. The highest BCUT2D eigenvalue weighted by Gasteiger charge is 2.11. The van der Waals surface area contributed by atoms with E-state index in [0.717, 1.165) is 6.54 Å². The summed E-state index contributed by atoms with van der Waals surface area (Å²) >= 11 is 5.41. The van der Waals surface area contributed by atoms with Gasteiger partial charge in [0.1, 0.15) is 0 Å². The summed E-state index contributed by atoms with van der Waals surface area (Å²) in [5, 5.41) is 5.80. The second-order valence-electron chi connectivity index (χ2n) is 5.19. The van der Waals surface area contributed by atoms with E-state index in [-0.39, 0.29) is 0 Å². The third kappa shape index (κ3) is 7.48. The number of nitrogens with one attached hydrogen (secondary N) is 1. The maximum absolute atomic E-state index is 3.61. The van der Waals surface area contributed by atoms with Crippen molar-refractivity contribution >= 4 is 27.3 Å². The van der Waals surface area contributed by atoms with E-state index in [1.807, 2.05) is 11.3 Å². The molecule has 3 heteroatoms. The Kier molecular flexibility index (Phi) is 9.84. The Balaban J connectivity index is 2.19. The first-order chi connectivity index (χ1) is 9.27. The van der Waals surface area contributed by atoms with E-state index in [4.69, 9.17) is 0 Å². The molecular formula is C16H28BrNS. The Hall–Kier alpha value is 0.140. The van der Waals surface area contributed by atoms with Crippen LogP contribution in [0.15, 0.2) is 15.9 Å². The van der Waals surface area contributed by atoms with Crippen molar-refractivity contribution in [3.05, 3.63) is 20.8 Å². The number of unbranched alkanes of at least 4 members (excludes halogenated alkanes) is 6. The van der Waals surface area contributed by atoms with E-state index >= 15 is 0 Å². The quantitative estimate of drug-likeness (QED) is 0.464. The van der Waals surface area contributed by atoms with E-state index in [0.29, 0.717) is 6.04 Å². The van der Waals surface area contributed by atoms with Crippen molar-refractivity contribution in [1.29, 1.82) is 0 Å². The average molecular weight is 346 g/mol. The van der Waals surface area contributed by atoms with Gasteiger partial charge in [0.15, 0.2) is 0 Å². The predicted octanol–water partition coefficient (Wildman–Crippen LogP) is 6.30. The van der Waals surface area contributed by atoms with E-state index in [1.165, 1.54) is 60.7 Å². The standard InChI is InChI=1S/C16H28BrNS/c1-3-5-6-7-8-9-10-11-15(18-4-2)16-12-14(17)13-19-16/h12-13,15,18H,3-11H2,1-2H3. The monoisotopic (exact) mass is 345 g/mol. The van der Waals surface area contributed by atoms with Gasteiger partial charge >= 0.3 is 0 Å². The Labute approximate surface area is 131 Å². The molecular weight excluding hydrogens is 318 g/mol. The van der Waals surface area contributed by atoms with Crippen LogP contribution in [0.4, 0.5) is 0 Å². The van der Waals surface area contributed by atoms with Crippen molar-refractivity contribution in [3.63, 3.8) is 0 Å². The summed E-state index contributed by atoms with van der Waals surface area (Å²) in [7, 11) is 0. The first kappa shape index (κ1) is 17.2. The molecule has 1 rings (SSSR count). The Bertz CT molecular complexity index is 324. The van der Waals surface area contributed by atoms with Crippen molar-refractivity contribution in [3.8, 4) is 0 Å². The van der Waals surface area contributed by atoms with Crippen LogP contribution in [0, 0.1) is 0 Å². The molecule has 0 radical (unpaired) electrons. The normalized spacial score (nSPS) is 12.8. The van der Waals surface area contributed by atoms with Crippen molar-refractivity contribution < 1.29 is 0 Å². The van der Waals surface area contributed by atoms with Gasteiger partial charge in [-0.05, 0) is 35.0 Å². The van der Waals surface area contributed by atoms with Crippen LogP contribution in [0.1, 0.15) is 76.1 Å². The molecule has 1 atom stereocenters. The molecule has 0 spiro atoms. The fourth-order valence-electron chi connectivity index (χ4n) is 2.41. The van der Waals surface area contributed by atoms with Crippen molar-refractivity contribution in [2.75, 3.05) is 6.54 Å². The molecule has 1 aromatic rings. The molecule has 0 aromatic carbocycles. The second kappa shape index (κ2) is 10.9. The summed E-state index contributed by atoms with van der Waals surface area (Å²) in [6.45, 7) is 5.53. The zero-order valence-corrected chi connectivity index (χ0v) is 14.8. The molecule has 0 fully saturated rings. The molecule has 0 amide bonds. The minimum atomic E-state index is 0.553. The average Bonchev–Trinajstić information content (AvgIpc) is 2.83. The molecule has 19 heavy (non-hydrogen) atoms. The lowest BCUT2D eigenvalue weighted by Crippen LogP contribution is -2.19. The first-order valence-corrected chi connectivity index (χ1v) is 9.42. The van der Waals surface area contributed by atoms with Crippen molar-refractivity contribution in [2.24, 2.45) is 0 Å². The molecule has 0 aliphatic heterocycles. The SMILES string of the molecule is CCCCCCCCCC(NCC)c1cc(Br)cs1. The zero-order valence-electron chi connectivity index (χ0n) is 12.4. The molecule has 0 bridgehead atoms. The molecule has 110 valence electrons. The highest BCUT2D eigenvalue weighted by Crippen LogP contribution is 2.28. The van der Waals surface area contributed by atoms with Gasteiger partial charge in [-0.25, -0.2) is 0 Å². The minimum absolute atomic E-state index is 0.553. The molecule has 1 heterocycles. The smallest absolute Gasteiger partial charge is 0.0415 e. The summed E-state index contributed by atoms with van der Waals surface area (Å²) in [5.74, 6) is 0. The lowest BCUT2D eigenvalue weighted by atomic mass is 10.0. The number of thiophene rings is 1. The fraction of sp³-hybridized carbons (Fsp3) is 0.750. The molecule has 0 saturated carbocycles. The van der Waals surface area contributed by atoms with Crippen LogP contribution in [0.25, 0.3) is 0 Å². The number of hydrogen-bond donors (Lipinski definition) is 1. The Morgan fingerprint density at radius 3 is 2.37 bits per heavy atom. The molecule has 0 aliphatic rings. The van der Waals surface area contributed by atoms with Crippen LogP contribution in [0.5, 0.6) is 0 Å². The molecule has 0 saturated heterocycles. The molecule has 1 unspecified atom stereocenters. The van der Waals surface area contributed by atoms with Crippen LogP contribution in [-0.4, -0.2) is 6.54 Å². The second-order valence-corrected chi connectivity index (χ2v) is 7.05. The van der Waals surface area contributed by atoms with Gasteiger partial charge in [-0.15, -0.1) is 11.3 Å². The summed E-state index contributed by atoms with van der Waals surface area (Å²) in [6.07, 6.45) is 11.0. The number of halogens is 1. The number of rotatable bonds is 11. The summed E-state index contributed by atoms with van der Waals surface area (Å²) < 4.78 is 1.22. The maximum atomic E-state index is 3.61. The van der Waals surface area contributed by atoms with E-state index < -0.39 is 0 Å². The van der Waals surface area contributed by atoms with Crippen LogP contribution >= 0.6 is 27.3 Å². The summed E-state index contributed by atoms with van der Waals surface area (Å²) in [6, 6.07) is 2.82. The van der Waals surface area contributed by atoms with Crippen molar-refractivity contribution in [2.45, 2.75) is 71.3 Å². The van der Waals surface area contributed by atoms with Crippen LogP contribution in [-0.2, 0) is 0 Å². The van der Waals surface area contributed by atoms with Gasteiger partial charge in [0.25, 0.3) is 0 Å². The van der Waals surface area contributed by atoms with Gasteiger partial charge in [0.05, 0.1) is 0 Å². The summed E-state index contributed by atoms with van der Waals surface area (Å²) in [5.41, 5.74) is 0. The highest BCUT2D eigenvalue weighted by atomic mass is 79.9. The lowest BCUT2D eigenvalue weighted by Gasteiger charge is -2.16. The van der Waals surface area contributed by atoms with Gasteiger partial charge in [-0.3, -0.25) is 0 Å². The van der Waals surface area contributed by atoms with Crippen LogP contribution in [0.2, 0.25) is 0 Å². The third-order valence-electron chi connectivity index (χ3n) is 3.48. The van der Waals surface area contributed by atoms with E-state index in [1.54, 1.807) is 0 Å². The largest absolute Gasteiger partial charge is 0.310 e.